The van der Waals surface area contributed by atoms with Gasteiger partial charge in [-0.2, -0.15) is 0 Å². The molecular weight excluding hydrogens is 199 g/mol. The first kappa shape index (κ1) is 14.4. The molecule has 15 heavy (non-hydrogen) atoms. The third-order valence-corrected chi connectivity index (χ3v) is 2.39. The summed E-state index contributed by atoms with van der Waals surface area (Å²) < 4.78 is 0. The Hall–Kier alpha value is -0.625. The molecule has 0 aliphatic heterocycles. The molecule has 0 fully saturated rings. The Labute approximate surface area is 89.6 Å². The molecule has 0 aromatic heterocycles. The molecule has 6 nitrogen and oxygen atoms in total. The van der Waals surface area contributed by atoms with Crippen LogP contribution < -0.4 is 11.1 Å². The predicted octanol–water partition coefficient (Wildman–Crippen LogP) is -1.51. The van der Waals surface area contributed by atoms with E-state index >= 15 is 0 Å². The Bertz CT molecular complexity index is 191. The van der Waals surface area contributed by atoms with Crippen molar-refractivity contribution in [1.29, 1.82) is 0 Å². The zero-order valence-electron chi connectivity index (χ0n) is 8.89. The van der Waals surface area contributed by atoms with E-state index in [9.17, 15) is 4.79 Å². The highest BCUT2D eigenvalue weighted by Gasteiger charge is 2.25. The Morgan fingerprint density at radius 3 is 2.47 bits per heavy atom. The molecule has 0 heterocycles. The van der Waals surface area contributed by atoms with Crippen LogP contribution in [-0.2, 0) is 4.79 Å². The molecule has 0 radical (unpaired) electrons. The SMILES string of the molecule is CN[C@H](C(=O)O)[C@@H](CN)CCCB(O)O. The zero-order valence-corrected chi connectivity index (χ0v) is 8.89. The van der Waals surface area contributed by atoms with Crippen LogP contribution in [0.25, 0.3) is 0 Å². The lowest BCUT2D eigenvalue weighted by Crippen LogP contribution is -2.43. The molecule has 0 bridgehead atoms. The fraction of sp³-hybridized carbons (Fsp3) is 0.875. The minimum atomic E-state index is -1.33. The van der Waals surface area contributed by atoms with Crippen LogP contribution in [0.15, 0.2) is 0 Å². The second-order valence-electron chi connectivity index (χ2n) is 3.51. The average Bonchev–Trinajstić information content (AvgIpc) is 2.15. The minimum absolute atomic E-state index is 0.189. The van der Waals surface area contributed by atoms with Crippen molar-refractivity contribution < 1.29 is 19.9 Å². The normalized spacial score (nSPS) is 14.7. The van der Waals surface area contributed by atoms with Gasteiger partial charge in [-0.15, -0.1) is 0 Å². The van der Waals surface area contributed by atoms with Gasteiger partial charge in [-0.1, -0.05) is 6.42 Å². The number of carboxylic acids is 1. The van der Waals surface area contributed by atoms with Gasteiger partial charge in [-0.05, 0) is 32.3 Å². The van der Waals surface area contributed by atoms with E-state index in [-0.39, 0.29) is 18.8 Å². The molecule has 0 aliphatic carbocycles. The summed E-state index contributed by atoms with van der Waals surface area (Å²) in [5.41, 5.74) is 5.48. The predicted molar refractivity (Wildman–Crippen MR) is 57.3 cm³/mol. The van der Waals surface area contributed by atoms with Crippen molar-refractivity contribution in [3.8, 4) is 0 Å². The summed E-state index contributed by atoms with van der Waals surface area (Å²) in [5.74, 6) is -1.12. The minimum Gasteiger partial charge on any atom is -0.480 e. The van der Waals surface area contributed by atoms with E-state index in [1.54, 1.807) is 7.05 Å². The molecule has 0 spiro atoms. The highest BCUT2D eigenvalue weighted by atomic mass is 16.4. The van der Waals surface area contributed by atoms with E-state index < -0.39 is 19.1 Å². The standard InChI is InChI=1S/C8H19BN2O4/c1-11-7(8(12)13)6(5-10)3-2-4-9(14)15/h6-7,11,14-15H,2-5,10H2,1H3,(H,12,13)/t6-,7+/m1/s1. The summed E-state index contributed by atoms with van der Waals surface area (Å²) in [5, 5.41) is 28.8. The Morgan fingerprint density at radius 2 is 2.13 bits per heavy atom. The number of aliphatic carboxylic acids is 1. The lowest BCUT2D eigenvalue weighted by atomic mass is 9.81. The van der Waals surface area contributed by atoms with Gasteiger partial charge in [0.1, 0.15) is 6.04 Å². The first-order valence-electron chi connectivity index (χ1n) is 4.99. The van der Waals surface area contributed by atoms with Gasteiger partial charge < -0.3 is 26.2 Å². The first-order valence-corrected chi connectivity index (χ1v) is 4.99. The number of likely N-dealkylation sites (N-methyl/N-ethyl adjacent to an activating group) is 1. The lowest BCUT2D eigenvalue weighted by molar-refractivity contribution is -0.140. The van der Waals surface area contributed by atoms with Crippen LogP contribution in [0.4, 0.5) is 0 Å². The maximum atomic E-state index is 10.8. The molecule has 0 aliphatic rings. The second-order valence-corrected chi connectivity index (χ2v) is 3.51. The molecule has 0 aromatic rings. The Balaban J connectivity index is 4.04. The van der Waals surface area contributed by atoms with Gasteiger partial charge in [-0.25, -0.2) is 0 Å². The van der Waals surface area contributed by atoms with Crippen molar-refractivity contribution in [2.24, 2.45) is 11.7 Å². The summed E-state index contributed by atoms with van der Waals surface area (Å²) in [6, 6.07) is -0.675. The number of hydrogen-bond acceptors (Lipinski definition) is 5. The fourth-order valence-corrected chi connectivity index (χ4v) is 1.54. The van der Waals surface area contributed by atoms with Gasteiger partial charge in [0, 0.05) is 0 Å². The van der Waals surface area contributed by atoms with Crippen molar-refractivity contribution in [3.63, 3.8) is 0 Å². The molecule has 6 N–H and O–H groups in total. The summed E-state index contributed by atoms with van der Waals surface area (Å²) in [4.78, 5) is 10.8. The summed E-state index contributed by atoms with van der Waals surface area (Å²) in [6.07, 6.45) is 1.35. The van der Waals surface area contributed by atoms with Crippen LogP contribution in [0.2, 0.25) is 6.32 Å². The third kappa shape index (κ3) is 5.73. The van der Waals surface area contributed by atoms with E-state index in [0.29, 0.717) is 12.8 Å². The van der Waals surface area contributed by atoms with Crippen molar-refractivity contribution in [2.75, 3.05) is 13.6 Å². The molecule has 0 rings (SSSR count). The third-order valence-electron chi connectivity index (χ3n) is 2.39. The van der Waals surface area contributed by atoms with Crippen LogP contribution in [0.5, 0.6) is 0 Å². The van der Waals surface area contributed by atoms with Crippen LogP contribution in [-0.4, -0.2) is 47.9 Å². The monoisotopic (exact) mass is 218 g/mol. The second kappa shape index (κ2) is 7.64. The first-order chi connectivity index (χ1) is 7.02. The molecule has 0 saturated heterocycles. The lowest BCUT2D eigenvalue weighted by Gasteiger charge is -2.21. The van der Waals surface area contributed by atoms with E-state index in [1.165, 1.54) is 0 Å². The topological polar surface area (TPSA) is 116 Å². The Morgan fingerprint density at radius 1 is 1.53 bits per heavy atom. The molecule has 0 aromatic carbocycles. The van der Waals surface area contributed by atoms with Crippen molar-refractivity contribution in [2.45, 2.75) is 25.2 Å². The fourth-order valence-electron chi connectivity index (χ4n) is 1.54. The van der Waals surface area contributed by atoms with Gasteiger partial charge in [0.2, 0.25) is 0 Å². The number of nitrogens with one attached hydrogen (secondary N) is 1. The van der Waals surface area contributed by atoms with E-state index in [4.69, 9.17) is 20.9 Å². The molecule has 0 saturated carbocycles. The highest BCUT2D eigenvalue weighted by Crippen LogP contribution is 2.13. The highest BCUT2D eigenvalue weighted by molar-refractivity contribution is 6.40. The van der Waals surface area contributed by atoms with Crippen molar-refractivity contribution in [1.82, 2.24) is 5.32 Å². The summed E-state index contributed by atoms with van der Waals surface area (Å²) in [6.45, 7) is 0.263. The summed E-state index contributed by atoms with van der Waals surface area (Å²) >= 11 is 0. The van der Waals surface area contributed by atoms with Crippen molar-refractivity contribution in [3.05, 3.63) is 0 Å². The smallest absolute Gasteiger partial charge is 0.451 e. The van der Waals surface area contributed by atoms with Gasteiger partial charge in [0.05, 0.1) is 0 Å². The number of carbonyl (C=O) groups is 1. The van der Waals surface area contributed by atoms with Gasteiger partial charge in [-0.3, -0.25) is 4.79 Å². The van der Waals surface area contributed by atoms with E-state index in [1.807, 2.05) is 0 Å². The molecule has 0 unspecified atom stereocenters. The molecule has 88 valence electrons. The maximum Gasteiger partial charge on any atom is 0.451 e. The number of hydrogen-bond donors (Lipinski definition) is 5. The number of nitrogens with two attached hydrogens (primary N) is 1. The quantitative estimate of drug-likeness (QED) is 0.316. The zero-order chi connectivity index (χ0) is 11.8. The molecule has 2 atom stereocenters. The van der Waals surface area contributed by atoms with Gasteiger partial charge in [0.25, 0.3) is 0 Å². The largest absolute Gasteiger partial charge is 0.480 e. The Kier molecular flexibility index (Phi) is 7.32. The van der Waals surface area contributed by atoms with E-state index in [2.05, 4.69) is 5.32 Å². The molecule has 0 amide bonds. The number of rotatable bonds is 8. The van der Waals surface area contributed by atoms with Crippen LogP contribution in [0.3, 0.4) is 0 Å². The van der Waals surface area contributed by atoms with Crippen LogP contribution >= 0.6 is 0 Å². The van der Waals surface area contributed by atoms with Crippen LogP contribution in [0.1, 0.15) is 12.8 Å². The van der Waals surface area contributed by atoms with Gasteiger partial charge >= 0.3 is 13.1 Å². The van der Waals surface area contributed by atoms with Gasteiger partial charge in [0.15, 0.2) is 0 Å². The summed E-state index contributed by atoms with van der Waals surface area (Å²) in [7, 11) is 0.240. The molecular formula is C8H19BN2O4. The van der Waals surface area contributed by atoms with Crippen molar-refractivity contribution >= 4 is 13.1 Å². The average molecular weight is 218 g/mol. The molecule has 7 heteroatoms. The number of carboxylic acid groups (broad SMARTS) is 1. The van der Waals surface area contributed by atoms with Crippen LogP contribution in [0, 0.1) is 5.92 Å². The van der Waals surface area contributed by atoms with E-state index in [0.717, 1.165) is 0 Å². The maximum absolute atomic E-state index is 10.8.